The van der Waals surface area contributed by atoms with Crippen LogP contribution in [0.4, 0.5) is 21.5 Å². The molecule has 3 N–H and O–H groups in total. The summed E-state index contributed by atoms with van der Waals surface area (Å²) in [5.74, 6) is -0.775. The molecule has 0 bridgehead atoms. The molecule has 104 valence electrons. The minimum atomic E-state index is -0.487. The highest BCUT2D eigenvalue weighted by Gasteiger charge is 2.14. The molecule has 0 amide bonds. The van der Waals surface area contributed by atoms with Crippen molar-refractivity contribution in [1.29, 1.82) is 0 Å². The van der Waals surface area contributed by atoms with E-state index in [0.29, 0.717) is 28.2 Å². The lowest BCUT2D eigenvalue weighted by molar-refractivity contribution is 0.0602. The Morgan fingerprint density at radius 2 is 2.05 bits per heavy atom. The number of nitrogens with one attached hydrogen (secondary N) is 1. The number of nitrogens with two attached hydrogens (primary N) is 1. The monoisotopic (exact) mass is 274 g/mol. The summed E-state index contributed by atoms with van der Waals surface area (Å²) < 4.78 is 18.0. The van der Waals surface area contributed by atoms with E-state index in [2.05, 4.69) is 5.32 Å². The molecule has 2 rings (SSSR count). The topological polar surface area (TPSA) is 64.3 Å². The molecule has 20 heavy (non-hydrogen) atoms. The van der Waals surface area contributed by atoms with Crippen molar-refractivity contribution in [2.75, 3.05) is 18.2 Å². The van der Waals surface area contributed by atoms with Gasteiger partial charge in [0.2, 0.25) is 0 Å². The van der Waals surface area contributed by atoms with E-state index < -0.39 is 5.97 Å². The number of nitrogen functional groups attached to an aromatic ring is 1. The van der Waals surface area contributed by atoms with Gasteiger partial charge >= 0.3 is 5.97 Å². The molecule has 0 saturated heterocycles. The molecular formula is C15H15FN2O2. The fourth-order valence-corrected chi connectivity index (χ4v) is 1.86. The lowest BCUT2D eigenvalue weighted by atomic mass is 10.1. The summed E-state index contributed by atoms with van der Waals surface area (Å²) in [6.45, 7) is 1.66. The van der Waals surface area contributed by atoms with Crippen molar-refractivity contribution in [1.82, 2.24) is 0 Å². The number of methoxy groups -OCH3 is 1. The summed E-state index contributed by atoms with van der Waals surface area (Å²) in [6, 6.07) is 9.53. The van der Waals surface area contributed by atoms with Crippen LogP contribution in [0.1, 0.15) is 15.9 Å². The van der Waals surface area contributed by atoms with Gasteiger partial charge in [0.25, 0.3) is 0 Å². The average Bonchev–Trinajstić information content (AvgIpc) is 2.44. The molecule has 2 aromatic carbocycles. The number of para-hydroxylation sites is 1. The van der Waals surface area contributed by atoms with Gasteiger partial charge in [-0.15, -0.1) is 0 Å². The second-order valence-electron chi connectivity index (χ2n) is 4.35. The van der Waals surface area contributed by atoms with Crippen molar-refractivity contribution in [2.24, 2.45) is 0 Å². The van der Waals surface area contributed by atoms with Crippen molar-refractivity contribution >= 4 is 23.0 Å². The maximum Gasteiger partial charge on any atom is 0.340 e. The lowest BCUT2D eigenvalue weighted by Crippen LogP contribution is -2.08. The van der Waals surface area contributed by atoms with Gasteiger partial charge in [-0.3, -0.25) is 0 Å². The van der Waals surface area contributed by atoms with Crippen LogP contribution in [-0.4, -0.2) is 13.1 Å². The van der Waals surface area contributed by atoms with E-state index in [0.717, 1.165) is 0 Å². The zero-order valence-corrected chi connectivity index (χ0v) is 11.2. The molecule has 0 aliphatic carbocycles. The van der Waals surface area contributed by atoms with Crippen LogP contribution < -0.4 is 11.1 Å². The first kappa shape index (κ1) is 13.9. The number of ether oxygens (including phenoxy) is 1. The minimum Gasteiger partial charge on any atom is -0.465 e. The molecule has 0 unspecified atom stereocenters. The fraction of sp³-hybridized carbons (Fsp3) is 0.133. The standard InChI is InChI=1S/C15H15FN2O2/c1-9-8-10(6-7-12(9)16)18-14-11(15(19)20-2)4-3-5-13(14)17/h3-8,18H,17H2,1-2H3. The van der Waals surface area contributed by atoms with E-state index in [4.69, 9.17) is 10.5 Å². The number of rotatable bonds is 3. The van der Waals surface area contributed by atoms with E-state index in [9.17, 15) is 9.18 Å². The number of carbonyl (C=O) groups is 1. The van der Waals surface area contributed by atoms with Gasteiger partial charge in [-0.25, -0.2) is 9.18 Å². The Kier molecular flexibility index (Phi) is 3.89. The molecular weight excluding hydrogens is 259 g/mol. The summed E-state index contributed by atoms with van der Waals surface area (Å²) in [6.07, 6.45) is 0. The van der Waals surface area contributed by atoms with Crippen LogP contribution >= 0.6 is 0 Å². The van der Waals surface area contributed by atoms with E-state index in [1.165, 1.54) is 13.2 Å². The van der Waals surface area contributed by atoms with Gasteiger partial charge in [-0.05, 0) is 42.8 Å². The van der Waals surface area contributed by atoms with Gasteiger partial charge < -0.3 is 15.8 Å². The fourth-order valence-electron chi connectivity index (χ4n) is 1.86. The van der Waals surface area contributed by atoms with Gasteiger partial charge in [0, 0.05) is 5.69 Å². The smallest absolute Gasteiger partial charge is 0.340 e. The van der Waals surface area contributed by atoms with Crippen LogP contribution in [0, 0.1) is 12.7 Å². The highest BCUT2D eigenvalue weighted by atomic mass is 19.1. The van der Waals surface area contributed by atoms with Crippen LogP contribution in [-0.2, 0) is 4.74 Å². The van der Waals surface area contributed by atoms with Crippen molar-refractivity contribution in [3.63, 3.8) is 0 Å². The summed E-state index contributed by atoms with van der Waals surface area (Å²) in [7, 11) is 1.30. The third kappa shape index (κ3) is 2.71. The van der Waals surface area contributed by atoms with Gasteiger partial charge in [0.05, 0.1) is 24.0 Å². The lowest BCUT2D eigenvalue weighted by Gasteiger charge is -2.14. The number of carbonyl (C=O) groups excluding carboxylic acids is 1. The molecule has 0 heterocycles. The molecule has 0 fully saturated rings. The van der Waals surface area contributed by atoms with Crippen LogP contribution in [0.3, 0.4) is 0 Å². The second-order valence-corrected chi connectivity index (χ2v) is 4.35. The first-order chi connectivity index (χ1) is 9.52. The minimum absolute atomic E-state index is 0.287. The van der Waals surface area contributed by atoms with Gasteiger partial charge in [-0.2, -0.15) is 0 Å². The van der Waals surface area contributed by atoms with E-state index in [1.54, 1.807) is 37.3 Å². The number of hydrogen-bond donors (Lipinski definition) is 2. The van der Waals surface area contributed by atoms with E-state index in [1.807, 2.05) is 0 Å². The molecule has 5 heteroatoms. The Morgan fingerprint density at radius 1 is 1.30 bits per heavy atom. The van der Waals surface area contributed by atoms with Gasteiger partial charge in [0.15, 0.2) is 0 Å². The Morgan fingerprint density at radius 3 is 2.70 bits per heavy atom. The summed E-state index contributed by atoms with van der Waals surface area (Å²) in [5, 5.41) is 3.03. The predicted molar refractivity (Wildman–Crippen MR) is 76.6 cm³/mol. The van der Waals surface area contributed by atoms with Crippen LogP contribution in [0.25, 0.3) is 0 Å². The highest BCUT2D eigenvalue weighted by Crippen LogP contribution is 2.28. The Hall–Kier alpha value is -2.56. The molecule has 0 saturated carbocycles. The zero-order chi connectivity index (χ0) is 14.7. The first-order valence-corrected chi connectivity index (χ1v) is 6.03. The van der Waals surface area contributed by atoms with Crippen molar-refractivity contribution in [3.05, 3.63) is 53.3 Å². The van der Waals surface area contributed by atoms with Crippen molar-refractivity contribution < 1.29 is 13.9 Å². The number of aryl methyl sites for hydroxylation is 1. The quantitative estimate of drug-likeness (QED) is 0.666. The van der Waals surface area contributed by atoms with Gasteiger partial charge in [0.1, 0.15) is 5.82 Å². The maximum absolute atomic E-state index is 13.3. The number of anilines is 3. The molecule has 0 atom stereocenters. The van der Waals surface area contributed by atoms with Crippen LogP contribution in [0.2, 0.25) is 0 Å². The van der Waals surface area contributed by atoms with Crippen molar-refractivity contribution in [2.45, 2.75) is 6.92 Å². The Balaban J connectivity index is 2.42. The third-order valence-electron chi connectivity index (χ3n) is 2.93. The zero-order valence-electron chi connectivity index (χ0n) is 11.2. The van der Waals surface area contributed by atoms with Gasteiger partial charge in [-0.1, -0.05) is 6.07 Å². The predicted octanol–water partition coefficient (Wildman–Crippen LogP) is 3.25. The number of esters is 1. The summed E-state index contributed by atoms with van der Waals surface area (Å²) in [4.78, 5) is 11.7. The summed E-state index contributed by atoms with van der Waals surface area (Å²) in [5.41, 5.74) is 8.22. The molecule has 0 spiro atoms. The second kappa shape index (κ2) is 5.61. The summed E-state index contributed by atoms with van der Waals surface area (Å²) >= 11 is 0. The largest absolute Gasteiger partial charge is 0.465 e. The molecule has 4 nitrogen and oxygen atoms in total. The number of hydrogen-bond acceptors (Lipinski definition) is 4. The van der Waals surface area contributed by atoms with Crippen LogP contribution in [0.5, 0.6) is 0 Å². The first-order valence-electron chi connectivity index (χ1n) is 6.03. The molecule has 0 aromatic heterocycles. The number of benzene rings is 2. The van der Waals surface area contributed by atoms with E-state index in [-0.39, 0.29) is 5.82 Å². The molecule has 0 aliphatic heterocycles. The third-order valence-corrected chi connectivity index (χ3v) is 2.93. The molecule has 0 radical (unpaired) electrons. The molecule has 2 aromatic rings. The van der Waals surface area contributed by atoms with Crippen molar-refractivity contribution in [3.8, 4) is 0 Å². The molecule has 0 aliphatic rings. The Labute approximate surface area is 116 Å². The Bertz CT molecular complexity index is 656. The highest BCUT2D eigenvalue weighted by molar-refractivity contribution is 5.99. The number of halogens is 1. The normalized spacial score (nSPS) is 10.2. The van der Waals surface area contributed by atoms with E-state index >= 15 is 0 Å². The van der Waals surface area contributed by atoms with Crippen LogP contribution in [0.15, 0.2) is 36.4 Å². The maximum atomic E-state index is 13.3. The SMILES string of the molecule is COC(=O)c1cccc(N)c1Nc1ccc(F)c(C)c1. The average molecular weight is 274 g/mol.